The van der Waals surface area contributed by atoms with E-state index < -0.39 is 18.9 Å². The number of aromatic nitrogens is 2. The Morgan fingerprint density at radius 2 is 2.38 bits per heavy atom. The summed E-state index contributed by atoms with van der Waals surface area (Å²) in [4.78, 5) is 13.0. The summed E-state index contributed by atoms with van der Waals surface area (Å²) in [5.74, 6) is -0.431. The minimum atomic E-state index is -2.53. The molecule has 0 radical (unpaired) electrons. The summed E-state index contributed by atoms with van der Waals surface area (Å²) in [5, 5.41) is 4.29. The molecule has 90 valence electrons. The maximum atomic E-state index is 12.3. The van der Waals surface area contributed by atoms with Crippen LogP contribution in [0.3, 0.4) is 0 Å². The first-order chi connectivity index (χ1) is 7.56. The van der Waals surface area contributed by atoms with Gasteiger partial charge in [0.25, 0.3) is 12.3 Å². The number of hydrogen-bond donors (Lipinski definition) is 0. The van der Waals surface area contributed by atoms with Gasteiger partial charge in [0.05, 0.1) is 6.54 Å². The molecule has 0 aliphatic heterocycles. The molecule has 0 saturated carbocycles. The molecule has 7 heteroatoms. The molecule has 0 aromatic carbocycles. The number of amides is 1. The van der Waals surface area contributed by atoms with Crippen LogP contribution in [-0.2, 0) is 7.05 Å². The summed E-state index contributed by atoms with van der Waals surface area (Å²) in [5.41, 5.74) is 0.307. The summed E-state index contributed by atoms with van der Waals surface area (Å²) in [6.07, 6.45) is -1.07. The molecule has 4 nitrogen and oxygen atoms in total. The normalized spacial score (nSPS) is 10.8. The van der Waals surface area contributed by atoms with Crippen molar-refractivity contribution in [3.05, 3.63) is 18.0 Å². The Kier molecular flexibility index (Phi) is 4.85. The van der Waals surface area contributed by atoms with Gasteiger partial charge in [0.2, 0.25) is 0 Å². The largest absolute Gasteiger partial charge is 0.331 e. The zero-order chi connectivity index (χ0) is 12.1. The Labute approximate surface area is 100 Å². The van der Waals surface area contributed by atoms with Gasteiger partial charge in [0, 0.05) is 25.1 Å². The number of aryl methyl sites for hydroxylation is 1. The molecule has 1 rings (SSSR count). The lowest BCUT2D eigenvalue weighted by Gasteiger charge is -2.21. The summed E-state index contributed by atoms with van der Waals surface area (Å²) in [7, 11) is 1.60. The van der Waals surface area contributed by atoms with Crippen LogP contribution >= 0.6 is 15.9 Å². The summed E-state index contributed by atoms with van der Waals surface area (Å²) in [6, 6.07) is 1.51. The molecule has 0 saturated heterocycles. The van der Waals surface area contributed by atoms with Crippen LogP contribution in [0.5, 0.6) is 0 Å². The number of halogens is 3. The lowest BCUT2D eigenvalue weighted by atomic mass is 10.3. The van der Waals surface area contributed by atoms with Crippen LogP contribution in [0.15, 0.2) is 12.3 Å². The van der Waals surface area contributed by atoms with Gasteiger partial charge >= 0.3 is 0 Å². The molecule has 0 fully saturated rings. The molecule has 1 heterocycles. The third kappa shape index (κ3) is 3.26. The molecule has 0 unspecified atom stereocenters. The zero-order valence-electron chi connectivity index (χ0n) is 8.74. The van der Waals surface area contributed by atoms with Crippen LogP contribution in [0, 0.1) is 0 Å². The van der Waals surface area contributed by atoms with Crippen LogP contribution in [0.25, 0.3) is 0 Å². The van der Waals surface area contributed by atoms with E-state index in [0.29, 0.717) is 11.0 Å². The highest BCUT2D eigenvalue weighted by molar-refractivity contribution is 9.09. The lowest BCUT2D eigenvalue weighted by molar-refractivity contribution is 0.0563. The molecule has 0 aliphatic rings. The zero-order valence-corrected chi connectivity index (χ0v) is 10.3. The fraction of sp³-hybridized carbons (Fsp3) is 0.556. The molecular weight excluding hydrogens is 284 g/mol. The van der Waals surface area contributed by atoms with Crippen LogP contribution in [0.2, 0.25) is 0 Å². The fourth-order valence-electron chi connectivity index (χ4n) is 1.29. The maximum Gasteiger partial charge on any atom is 0.272 e. The Morgan fingerprint density at radius 1 is 1.69 bits per heavy atom. The molecule has 1 aromatic rings. The number of nitrogens with zero attached hydrogens (tertiary/aromatic N) is 3. The smallest absolute Gasteiger partial charge is 0.272 e. The van der Waals surface area contributed by atoms with E-state index >= 15 is 0 Å². The minimum Gasteiger partial charge on any atom is -0.331 e. The highest BCUT2D eigenvalue weighted by Crippen LogP contribution is 2.07. The van der Waals surface area contributed by atoms with Gasteiger partial charge < -0.3 is 4.90 Å². The van der Waals surface area contributed by atoms with Crippen molar-refractivity contribution in [2.75, 3.05) is 18.4 Å². The maximum absolute atomic E-state index is 12.3. The van der Waals surface area contributed by atoms with Gasteiger partial charge in [-0.05, 0) is 6.07 Å². The summed E-state index contributed by atoms with van der Waals surface area (Å²) in [6.45, 7) is -0.316. The molecular formula is C9H12BrF2N3O. The molecule has 1 aromatic heterocycles. The van der Waals surface area contributed by atoms with Crippen molar-refractivity contribution in [1.82, 2.24) is 14.7 Å². The molecule has 0 N–H and O–H groups in total. The highest BCUT2D eigenvalue weighted by atomic mass is 79.9. The van der Waals surface area contributed by atoms with E-state index in [0.717, 1.165) is 4.90 Å². The van der Waals surface area contributed by atoms with Crippen LogP contribution in [0.4, 0.5) is 8.78 Å². The SMILES string of the molecule is Cn1nccc1C(=O)N(CCBr)CC(F)F. The minimum absolute atomic E-state index is 0.244. The van der Waals surface area contributed by atoms with Gasteiger partial charge in [-0.3, -0.25) is 9.48 Å². The topological polar surface area (TPSA) is 38.1 Å². The molecule has 0 atom stereocenters. The van der Waals surface area contributed by atoms with E-state index in [2.05, 4.69) is 21.0 Å². The van der Waals surface area contributed by atoms with E-state index in [9.17, 15) is 13.6 Å². The second-order valence-corrected chi connectivity index (χ2v) is 3.96. The first-order valence-corrected chi connectivity index (χ1v) is 5.79. The first-order valence-electron chi connectivity index (χ1n) is 4.67. The Morgan fingerprint density at radius 3 is 2.81 bits per heavy atom. The van der Waals surface area contributed by atoms with Crippen molar-refractivity contribution in [2.24, 2.45) is 7.05 Å². The molecule has 16 heavy (non-hydrogen) atoms. The van der Waals surface area contributed by atoms with E-state index in [1.165, 1.54) is 16.9 Å². The van der Waals surface area contributed by atoms with Gasteiger partial charge in [-0.1, -0.05) is 15.9 Å². The first kappa shape index (κ1) is 13.1. The van der Waals surface area contributed by atoms with E-state index in [1.807, 2.05) is 0 Å². The third-order valence-electron chi connectivity index (χ3n) is 2.04. The Hall–Kier alpha value is -0.980. The summed E-state index contributed by atoms with van der Waals surface area (Å²) >= 11 is 3.13. The second kappa shape index (κ2) is 5.93. The van der Waals surface area contributed by atoms with Crippen LogP contribution in [0.1, 0.15) is 10.5 Å². The lowest BCUT2D eigenvalue weighted by Crippen LogP contribution is -2.37. The number of carbonyl (C=O) groups excluding carboxylic acids is 1. The van der Waals surface area contributed by atoms with Crippen molar-refractivity contribution in [1.29, 1.82) is 0 Å². The predicted molar refractivity (Wildman–Crippen MR) is 58.9 cm³/mol. The number of carbonyl (C=O) groups is 1. The molecule has 1 amide bonds. The van der Waals surface area contributed by atoms with Gasteiger partial charge in [-0.15, -0.1) is 0 Å². The fourth-order valence-corrected chi connectivity index (χ4v) is 1.72. The van der Waals surface area contributed by atoms with Crippen molar-refractivity contribution in [3.63, 3.8) is 0 Å². The van der Waals surface area contributed by atoms with Crippen molar-refractivity contribution < 1.29 is 13.6 Å². The standard InChI is InChI=1S/C9H12BrF2N3O/c1-14-7(2-4-13-14)9(16)15(5-3-10)6-8(11)12/h2,4,8H,3,5-6H2,1H3. The van der Waals surface area contributed by atoms with E-state index in [4.69, 9.17) is 0 Å². The number of hydrogen-bond acceptors (Lipinski definition) is 2. The number of alkyl halides is 3. The Bertz CT molecular complexity index is 356. The summed E-state index contributed by atoms with van der Waals surface area (Å²) < 4.78 is 25.9. The highest BCUT2D eigenvalue weighted by Gasteiger charge is 2.21. The quantitative estimate of drug-likeness (QED) is 0.773. The van der Waals surface area contributed by atoms with Crippen molar-refractivity contribution >= 4 is 21.8 Å². The Balaban J connectivity index is 2.78. The van der Waals surface area contributed by atoms with Gasteiger partial charge in [0.1, 0.15) is 5.69 Å². The third-order valence-corrected chi connectivity index (χ3v) is 2.39. The monoisotopic (exact) mass is 295 g/mol. The molecule has 0 aliphatic carbocycles. The molecule has 0 bridgehead atoms. The van der Waals surface area contributed by atoms with Crippen LogP contribution < -0.4 is 0 Å². The second-order valence-electron chi connectivity index (χ2n) is 3.17. The van der Waals surface area contributed by atoms with Gasteiger partial charge in [-0.25, -0.2) is 8.78 Å². The van der Waals surface area contributed by atoms with Crippen molar-refractivity contribution in [3.8, 4) is 0 Å². The van der Waals surface area contributed by atoms with E-state index in [-0.39, 0.29) is 6.54 Å². The van der Waals surface area contributed by atoms with Gasteiger partial charge in [0.15, 0.2) is 0 Å². The van der Waals surface area contributed by atoms with Gasteiger partial charge in [-0.2, -0.15) is 5.10 Å². The average molecular weight is 296 g/mol. The van der Waals surface area contributed by atoms with Crippen molar-refractivity contribution in [2.45, 2.75) is 6.43 Å². The van der Waals surface area contributed by atoms with Crippen LogP contribution in [-0.4, -0.2) is 45.4 Å². The number of rotatable bonds is 5. The molecule has 0 spiro atoms. The average Bonchev–Trinajstić information content (AvgIpc) is 2.62. The van der Waals surface area contributed by atoms with E-state index in [1.54, 1.807) is 7.05 Å². The predicted octanol–water partition coefficient (Wildman–Crippen LogP) is 1.52.